The smallest absolute Gasteiger partial charge is 0.120 e. The van der Waals surface area contributed by atoms with Crippen LogP contribution in [0.4, 0.5) is 0 Å². The van der Waals surface area contributed by atoms with Crippen molar-refractivity contribution in [1.29, 1.82) is 0 Å². The number of benzene rings is 1. The first-order valence-corrected chi connectivity index (χ1v) is 4.70. The third-order valence-corrected chi connectivity index (χ3v) is 2.71. The first-order valence-electron chi connectivity index (χ1n) is 3.65. The fourth-order valence-corrected chi connectivity index (χ4v) is 1.99. The molecular formula is C9H9NS. The Morgan fingerprint density at radius 2 is 2.09 bits per heavy atom. The van der Waals surface area contributed by atoms with Crippen LogP contribution in [-0.4, -0.2) is 12.0 Å². The summed E-state index contributed by atoms with van der Waals surface area (Å²) in [5.74, 6) is 1.06. The van der Waals surface area contributed by atoms with Gasteiger partial charge in [-0.15, -0.1) is 11.8 Å². The molecule has 0 unspecified atom stereocenters. The molecule has 1 aliphatic rings. The minimum absolute atomic E-state index is 0.358. The molecule has 0 saturated carbocycles. The van der Waals surface area contributed by atoms with Crippen molar-refractivity contribution in [2.75, 3.05) is 5.75 Å². The molecule has 0 N–H and O–H groups in total. The molecule has 11 heavy (non-hydrogen) atoms. The van der Waals surface area contributed by atoms with Crippen molar-refractivity contribution in [2.24, 2.45) is 4.99 Å². The predicted octanol–water partition coefficient (Wildman–Crippen LogP) is 2.50. The highest BCUT2D eigenvalue weighted by Gasteiger charge is 2.11. The van der Waals surface area contributed by atoms with Crippen molar-refractivity contribution in [2.45, 2.75) is 5.37 Å². The van der Waals surface area contributed by atoms with E-state index in [1.807, 2.05) is 24.0 Å². The summed E-state index contributed by atoms with van der Waals surface area (Å²) in [6, 6.07) is 10.4. The summed E-state index contributed by atoms with van der Waals surface area (Å²) in [7, 11) is 0. The van der Waals surface area contributed by atoms with Crippen LogP contribution in [-0.2, 0) is 0 Å². The van der Waals surface area contributed by atoms with Gasteiger partial charge >= 0.3 is 0 Å². The largest absolute Gasteiger partial charge is 0.278 e. The van der Waals surface area contributed by atoms with Gasteiger partial charge in [-0.05, 0) is 5.56 Å². The van der Waals surface area contributed by atoms with Gasteiger partial charge in [0.15, 0.2) is 0 Å². The summed E-state index contributed by atoms with van der Waals surface area (Å²) in [4.78, 5) is 4.34. The molecule has 1 aliphatic heterocycles. The number of thioether (sulfide) groups is 1. The van der Waals surface area contributed by atoms with E-state index in [-0.39, 0.29) is 0 Å². The van der Waals surface area contributed by atoms with Crippen molar-refractivity contribution in [3.8, 4) is 0 Å². The van der Waals surface area contributed by atoms with E-state index in [2.05, 4.69) is 29.3 Å². The topological polar surface area (TPSA) is 12.4 Å². The van der Waals surface area contributed by atoms with Crippen LogP contribution in [0, 0.1) is 0 Å². The van der Waals surface area contributed by atoms with Crippen molar-refractivity contribution < 1.29 is 0 Å². The maximum atomic E-state index is 4.34. The Hall–Kier alpha value is -0.760. The summed E-state index contributed by atoms with van der Waals surface area (Å²) < 4.78 is 0. The molecule has 0 saturated heterocycles. The van der Waals surface area contributed by atoms with Crippen molar-refractivity contribution >= 4 is 18.0 Å². The number of hydrogen-bond acceptors (Lipinski definition) is 2. The minimum Gasteiger partial charge on any atom is -0.278 e. The summed E-state index contributed by atoms with van der Waals surface area (Å²) in [6.45, 7) is 0. The summed E-state index contributed by atoms with van der Waals surface area (Å²) >= 11 is 1.87. The molecule has 56 valence electrons. The molecule has 1 nitrogen and oxygen atoms in total. The van der Waals surface area contributed by atoms with Gasteiger partial charge in [0.2, 0.25) is 0 Å². The van der Waals surface area contributed by atoms with Crippen LogP contribution in [0.3, 0.4) is 0 Å². The van der Waals surface area contributed by atoms with Gasteiger partial charge in [0.25, 0.3) is 0 Å². The molecule has 2 heteroatoms. The fraction of sp³-hybridized carbons (Fsp3) is 0.222. The zero-order valence-corrected chi connectivity index (χ0v) is 6.92. The van der Waals surface area contributed by atoms with E-state index in [1.165, 1.54) is 5.56 Å². The van der Waals surface area contributed by atoms with Gasteiger partial charge in [0.1, 0.15) is 5.37 Å². The molecule has 0 radical (unpaired) electrons. The second kappa shape index (κ2) is 3.09. The van der Waals surface area contributed by atoms with Crippen LogP contribution in [0.1, 0.15) is 10.9 Å². The molecule has 0 bridgehead atoms. The Kier molecular flexibility index (Phi) is 1.95. The fourth-order valence-electron chi connectivity index (χ4n) is 1.12. The van der Waals surface area contributed by atoms with Gasteiger partial charge in [0, 0.05) is 12.0 Å². The number of aliphatic imine (C=N–C) groups is 1. The average molecular weight is 163 g/mol. The van der Waals surface area contributed by atoms with E-state index >= 15 is 0 Å². The van der Waals surface area contributed by atoms with Gasteiger partial charge < -0.3 is 0 Å². The Balaban J connectivity index is 2.23. The van der Waals surface area contributed by atoms with Crippen molar-refractivity contribution in [3.05, 3.63) is 35.9 Å². The van der Waals surface area contributed by atoms with Gasteiger partial charge in [-0.3, -0.25) is 4.99 Å². The van der Waals surface area contributed by atoms with E-state index in [0.29, 0.717) is 5.37 Å². The molecule has 0 amide bonds. The summed E-state index contributed by atoms with van der Waals surface area (Å²) in [5.41, 5.74) is 1.31. The van der Waals surface area contributed by atoms with Gasteiger partial charge in [-0.1, -0.05) is 30.3 Å². The molecule has 0 fully saturated rings. The highest BCUT2D eigenvalue weighted by molar-refractivity contribution is 8.00. The SMILES string of the molecule is C1=N[C@@H](c2ccccc2)SC1. The Labute approximate surface area is 70.5 Å². The zero-order valence-electron chi connectivity index (χ0n) is 6.10. The third-order valence-electron chi connectivity index (χ3n) is 1.65. The van der Waals surface area contributed by atoms with Crippen LogP contribution in [0.25, 0.3) is 0 Å². The Bertz CT molecular complexity index is 256. The van der Waals surface area contributed by atoms with Crippen LogP contribution >= 0.6 is 11.8 Å². The van der Waals surface area contributed by atoms with Gasteiger partial charge in [0.05, 0.1) is 0 Å². The van der Waals surface area contributed by atoms with Crippen molar-refractivity contribution in [1.82, 2.24) is 0 Å². The van der Waals surface area contributed by atoms with Gasteiger partial charge in [-0.25, -0.2) is 0 Å². The lowest BCUT2D eigenvalue weighted by molar-refractivity contribution is 1.06. The number of rotatable bonds is 1. The van der Waals surface area contributed by atoms with E-state index in [4.69, 9.17) is 0 Å². The molecule has 1 aromatic carbocycles. The zero-order chi connectivity index (χ0) is 7.52. The maximum absolute atomic E-state index is 4.34. The second-order valence-electron chi connectivity index (χ2n) is 2.43. The molecule has 0 aromatic heterocycles. The molecule has 0 spiro atoms. The van der Waals surface area contributed by atoms with Crippen LogP contribution in [0.2, 0.25) is 0 Å². The molecule has 2 rings (SSSR count). The monoisotopic (exact) mass is 163 g/mol. The molecule has 1 atom stereocenters. The maximum Gasteiger partial charge on any atom is 0.120 e. The third kappa shape index (κ3) is 1.46. The van der Waals surface area contributed by atoms with E-state index in [9.17, 15) is 0 Å². The van der Waals surface area contributed by atoms with Crippen LogP contribution in [0.15, 0.2) is 35.3 Å². The lowest BCUT2D eigenvalue weighted by atomic mass is 10.2. The molecular weight excluding hydrogens is 154 g/mol. The Morgan fingerprint density at radius 3 is 2.73 bits per heavy atom. The lowest BCUT2D eigenvalue weighted by Crippen LogP contribution is -1.84. The van der Waals surface area contributed by atoms with E-state index in [1.54, 1.807) is 0 Å². The quantitative estimate of drug-likeness (QED) is 0.619. The standard InChI is InChI=1S/C9H9NS/c1-2-4-8(5-3-1)9-10-6-7-11-9/h1-6,9H,7H2/t9-/m1/s1. The van der Waals surface area contributed by atoms with E-state index < -0.39 is 0 Å². The highest BCUT2D eigenvalue weighted by Crippen LogP contribution is 2.32. The summed E-state index contributed by atoms with van der Waals surface area (Å²) in [6.07, 6.45) is 1.99. The first kappa shape index (κ1) is 6.92. The average Bonchev–Trinajstić information content (AvgIpc) is 2.58. The predicted molar refractivity (Wildman–Crippen MR) is 50.1 cm³/mol. The van der Waals surface area contributed by atoms with Crippen LogP contribution < -0.4 is 0 Å². The lowest BCUT2D eigenvalue weighted by Gasteiger charge is -2.04. The minimum atomic E-state index is 0.358. The Morgan fingerprint density at radius 1 is 1.27 bits per heavy atom. The number of nitrogens with zero attached hydrogens (tertiary/aromatic N) is 1. The normalized spacial score (nSPS) is 22.4. The molecule has 1 aromatic rings. The van der Waals surface area contributed by atoms with Gasteiger partial charge in [-0.2, -0.15) is 0 Å². The molecule has 1 heterocycles. The number of hydrogen-bond donors (Lipinski definition) is 0. The van der Waals surface area contributed by atoms with Crippen molar-refractivity contribution in [3.63, 3.8) is 0 Å². The molecule has 0 aliphatic carbocycles. The first-order chi connectivity index (χ1) is 5.47. The van der Waals surface area contributed by atoms with E-state index in [0.717, 1.165) is 5.75 Å². The summed E-state index contributed by atoms with van der Waals surface area (Å²) in [5, 5.41) is 0.358. The van der Waals surface area contributed by atoms with Crippen LogP contribution in [0.5, 0.6) is 0 Å². The highest BCUT2D eigenvalue weighted by atomic mass is 32.2. The second-order valence-corrected chi connectivity index (χ2v) is 3.54.